The number of carbonyl (C=O) groups is 3. The molecular weight excluding hydrogens is 879 g/mol. The van der Waals surface area contributed by atoms with Crippen molar-refractivity contribution in [1.29, 1.82) is 0 Å². The third-order valence-corrected chi connectivity index (χ3v) is 12.9. The van der Waals surface area contributed by atoms with E-state index in [0.717, 1.165) is 0 Å². The maximum absolute atomic E-state index is 13.6. The molecule has 3 aliphatic rings. The summed E-state index contributed by atoms with van der Waals surface area (Å²) >= 11 is 0. The first-order valence-corrected chi connectivity index (χ1v) is 24.0. The van der Waals surface area contributed by atoms with Gasteiger partial charge in [-0.3, -0.25) is 19.3 Å². The van der Waals surface area contributed by atoms with Crippen LogP contribution in [0.2, 0.25) is 0 Å². The number of hydrogen-bond donors (Lipinski definition) is 2. The van der Waals surface area contributed by atoms with E-state index in [9.17, 15) is 24.6 Å². The molecule has 0 aromatic carbocycles. The molecule has 2 fully saturated rings. The lowest BCUT2D eigenvalue weighted by molar-refractivity contribution is -0.344. The molecule has 0 amide bonds. The second-order valence-corrected chi connectivity index (χ2v) is 20.1. The first-order valence-electron chi connectivity index (χ1n) is 24.0. The van der Waals surface area contributed by atoms with Gasteiger partial charge >= 0.3 is 17.9 Å². The summed E-state index contributed by atoms with van der Waals surface area (Å²) in [6, 6.07) is -0.749. The van der Waals surface area contributed by atoms with Crippen molar-refractivity contribution in [1.82, 2.24) is 24.7 Å². The number of carbonyl (C=O) groups excluding carboxylic acids is 3. The molecule has 0 saturated carbocycles. The van der Waals surface area contributed by atoms with Crippen LogP contribution in [0, 0.1) is 29.6 Å². The Morgan fingerprint density at radius 2 is 1.66 bits per heavy atom. The minimum atomic E-state index is -1.49. The Morgan fingerprint density at radius 3 is 2.26 bits per heavy atom. The number of nitrogens with zero attached hydrogens (tertiary/aromatic N) is 5. The van der Waals surface area contributed by atoms with Crippen molar-refractivity contribution in [2.75, 3.05) is 55.4 Å². The van der Waals surface area contributed by atoms with Crippen LogP contribution in [0.25, 0.3) is 0 Å². The van der Waals surface area contributed by atoms with Crippen LogP contribution in [0.15, 0.2) is 30.9 Å². The molecule has 18 nitrogen and oxygen atoms in total. The summed E-state index contributed by atoms with van der Waals surface area (Å²) in [5.74, 6) is 4.51. The SMILES string of the molecule is CO[C@@H]1[C@@H](O[C@@H]2O[C@H](C)C(O[C@H]3C[C@@](C)(O)[C@@H](OC(=O)CC(C)C)[C@H](C)O3)[C@H](N(C)C)[C@H]2O)[C@@H](CCN(C)CC#Cc2cncnc2)C[C@@H](C)[C@@H](N(C)C)/C=C/C[C@@H](C)OC(=O)C[C@H]1OC(C)=O. The van der Waals surface area contributed by atoms with Gasteiger partial charge in [-0.2, -0.15) is 0 Å². The van der Waals surface area contributed by atoms with Gasteiger partial charge in [-0.25, -0.2) is 9.97 Å². The second kappa shape index (κ2) is 26.6. The van der Waals surface area contributed by atoms with Crippen molar-refractivity contribution in [3.63, 3.8) is 0 Å². The first-order chi connectivity index (χ1) is 32.0. The van der Waals surface area contributed by atoms with Gasteiger partial charge in [0.15, 0.2) is 18.7 Å². The van der Waals surface area contributed by atoms with Crippen LogP contribution in [-0.2, 0) is 52.3 Å². The molecule has 4 rings (SSSR count). The number of rotatable bonds is 15. The Labute approximate surface area is 404 Å². The number of likely N-dealkylation sites (N-methyl/N-ethyl adjacent to an activating group) is 2. The fourth-order valence-electron chi connectivity index (χ4n) is 9.68. The van der Waals surface area contributed by atoms with Crippen molar-refractivity contribution >= 4 is 17.9 Å². The van der Waals surface area contributed by atoms with E-state index in [1.54, 1.807) is 26.2 Å². The third kappa shape index (κ3) is 16.8. The molecule has 0 radical (unpaired) electrons. The van der Waals surface area contributed by atoms with Crippen molar-refractivity contribution in [3.05, 3.63) is 36.4 Å². The number of esters is 3. The molecule has 68 heavy (non-hydrogen) atoms. The Morgan fingerprint density at radius 1 is 0.971 bits per heavy atom. The maximum atomic E-state index is 13.6. The predicted molar refractivity (Wildman–Crippen MR) is 253 cm³/mol. The predicted octanol–water partition coefficient (Wildman–Crippen LogP) is 3.60. The topological polar surface area (TPSA) is 201 Å². The largest absolute Gasteiger partial charge is 0.462 e. The highest BCUT2D eigenvalue weighted by Gasteiger charge is 2.53. The molecule has 4 heterocycles. The first kappa shape index (κ1) is 57.0. The number of methoxy groups -OCH3 is 1. The smallest absolute Gasteiger partial charge is 0.309 e. The number of aromatic nitrogens is 2. The molecule has 384 valence electrons. The fourth-order valence-corrected chi connectivity index (χ4v) is 9.68. The van der Waals surface area contributed by atoms with E-state index < -0.39 is 97.1 Å². The fraction of sp³-hybridized carbons (Fsp3) is 0.780. The molecule has 3 aliphatic heterocycles. The van der Waals surface area contributed by atoms with Gasteiger partial charge in [-0.1, -0.05) is 44.8 Å². The molecule has 0 spiro atoms. The normalized spacial score (nSPS) is 35.8. The lowest BCUT2D eigenvalue weighted by atomic mass is 9.81. The quantitative estimate of drug-likeness (QED) is 0.112. The highest BCUT2D eigenvalue weighted by Crippen LogP contribution is 2.38. The van der Waals surface area contributed by atoms with E-state index in [0.29, 0.717) is 37.9 Å². The Bertz CT molecular complexity index is 1820. The molecular formula is C50H81N5O13. The second-order valence-electron chi connectivity index (χ2n) is 20.1. The van der Waals surface area contributed by atoms with E-state index >= 15 is 0 Å². The molecule has 16 atom stereocenters. The summed E-state index contributed by atoms with van der Waals surface area (Å²) in [6.07, 6.45) is 0.276. The van der Waals surface area contributed by atoms with Crippen LogP contribution in [0.3, 0.4) is 0 Å². The van der Waals surface area contributed by atoms with Crippen LogP contribution in [0.5, 0.6) is 0 Å². The minimum absolute atomic E-state index is 0.0175. The van der Waals surface area contributed by atoms with Gasteiger partial charge in [0, 0.05) is 51.7 Å². The van der Waals surface area contributed by atoms with E-state index in [2.05, 4.69) is 44.6 Å². The number of cyclic esters (lactones) is 1. The van der Waals surface area contributed by atoms with Gasteiger partial charge in [-0.15, -0.1) is 0 Å². The molecule has 2 N–H and O–H groups in total. The summed E-state index contributed by atoms with van der Waals surface area (Å²) in [7, 11) is 11.1. The van der Waals surface area contributed by atoms with Gasteiger partial charge in [0.05, 0.1) is 42.9 Å². The summed E-state index contributed by atoms with van der Waals surface area (Å²) in [6.45, 7) is 15.2. The average molecular weight is 960 g/mol. The molecule has 0 aliphatic carbocycles. The van der Waals surface area contributed by atoms with Crippen LogP contribution in [0.1, 0.15) is 99.5 Å². The number of aliphatic hydroxyl groups excluding tert-OH is 1. The number of hydrogen-bond acceptors (Lipinski definition) is 18. The number of aliphatic hydroxyl groups is 2. The van der Waals surface area contributed by atoms with Gasteiger partial charge in [0.2, 0.25) is 0 Å². The summed E-state index contributed by atoms with van der Waals surface area (Å²) < 4.78 is 50.3. The molecule has 2 saturated heterocycles. The highest BCUT2D eigenvalue weighted by atomic mass is 16.7. The summed E-state index contributed by atoms with van der Waals surface area (Å²) in [5.41, 5.74) is -0.782. The monoisotopic (exact) mass is 960 g/mol. The molecule has 1 aromatic rings. The zero-order chi connectivity index (χ0) is 50.5. The summed E-state index contributed by atoms with van der Waals surface area (Å²) in [5, 5.41) is 24.0. The number of ether oxygens (including phenoxy) is 8. The Kier molecular flexibility index (Phi) is 22.3. The van der Waals surface area contributed by atoms with Crippen LogP contribution in [-0.4, -0.2) is 193 Å². The van der Waals surface area contributed by atoms with Gasteiger partial charge in [0.1, 0.15) is 42.4 Å². The van der Waals surface area contributed by atoms with Crippen molar-refractivity contribution < 1.29 is 62.5 Å². The van der Waals surface area contributed by atoms with Crippen molar-refractivity contribution in [2.24, 2.45) is 17.8 Å². The molecule has 18 heteroatoms. The summed E-state index contributed by atoms with van der Waals surface area (Å²) in [4.78, 5) is 53.3. The standard InChI is InChI=1S/C50H81N5O13/c1-30(2)23-40(57)66-48-34(6)63-42(26-50(48,8)60)67-45-33(5)64-49(44(59)43(45)54(11)12)68-46-37(20-22-55(13)21-16-18-36-27-51-29-52-28-36)24-31(3)38(53(9)10)19-15-17-32(4)62-41(58)25-39(47(46)61-14)65-35(7)56/h15,19,27-34,37-39,42-49,59-60H,17,20-26H2,1-14H3/b19-15+/t31-,32-,33-,34+,37+,38+,39-,42+,43-,44-,45?,46+,47+,48+,49+,50-/m1/s1. The highest BCUT2D eigenvalue weighted by molar-refractivity contribution is 5.72. The maximum Gasteiger partial charge on any atom is 0.309 e. The molecule has 1 aromatic heterocycles. The minimum Gasteiger partial charge on any atom is -0.462 e. The van der Waals surface area contributed by atoms with Gasteiger partial charge < -0.3 is 57.9 Å². The van der Waals surface area contributed by atoms with E-state index in [1.165, 1.54) is 20.4 Å². The average Bonchev–Trinajstić information content (AvgIpc) is 3.23. The van der Waals surface area contributed by atoms with E-state index in [1.807, 2.05) is 73.9 Å². The van der Waals surface area contributed by atoms with E-state index in [-0.39, 0.29) is 43.1 Å². The van der Waals surface area contributed by atoms with Crippen LogP contribution < -0.4 is 0 Å². The molecule has 0 bridgehead atoms. The zero-order valence-corrected chi connectivity index (χ0v) is 42.9. The lowest BCUT2D eigenvalue weighted by Gasteiger charge is -2.50. The Hall–Kier alpha value is -3.61. The lowest BCUT2D eigenvalue weighted by Crippen LogP contribution is -2.66. The van der Waals surface area contributed by atoms with Crippen LogP contribution in [0.4, 0.5) is 0 Å². The third-order valence-electron chi connectivity index (χ3n) is 12.9. The molecule has 1 unspecified atom stereocenters. The Balaban J connectivity index is 1.72. The van der Waals surface area contributed by atoms with Gasteiger partial charge in [-0.05, 0) is 100 Å². The van der Waals surface area contributed by atoms with E-state index in [4.69, 9.17) is 37.9 Å². The zero-order valence-electron chi connectivity index (χ0n) is 42.9. The van der Waals surface area contributed by atoms with Crippen LogP contribution >= 0.6 is 0 Å². The van der Waals surface area contributed by atoms with Gasteiger partial charge in [0.25, 0.3) is 0 Å². The van der Waals surface area contributed by atoms with Crippen molar-refractivity contribution in [2.45, 2.75) is 179 Å². The van der Waals surface area contributed by atoms with Crippen molar-refractivity contribution in [3.8, 4) is 11.8 Å².